The second kappa shape index (κ2) is 5.78. The fourth-order valence-electron chi connectivity index (χ4n) is 2.22. The number of carboxylic acid groups (broad SMARTS) is 1. The number of carboxylic acids is 1. The third kappa shape index (κ3) is 3.17. The number of hydrogen-bond acceptors (Lipinski definition) is 2. The van der Waals surface area contributed by atoms with Crippen molar-refractivity contribution in [2.75, 3.05) is 0 Å². The Bertz CT molecular complexity index is 408. The molecule has 1 saturated carbocycles. The molecule has 92 valence electrons. The van der Waals surface area contributed by atoms with E-state index >= 15 is 0 Å². The van der Waals surface area contributed by atoms with Crippen LogP contribution in [0.15, 0.2) is 29.2 Å². The number of thioether (sulfide) groups is 1. The molecule has 2 unspecified atom stereocenters. The molecule has 0 aliphatic heterocycles. The highest BCUT2D eigenvalue weighted by Gasteiger charge is 2.31. The van der Waals surface area contributed by atoms with Crippen LogP contribution in [0.5, 0.6) is 0 Å². The largest absolute Gasteiger partial charge is 0.481 e. The van der Waals surface area contributed by atoms with E-state index in [2.05, 4.69) is 0 Å². The van der Waals surface area contributed by atoms with Gasteiger partial charge in [0.05, 0.1) is 10.9 Å². The minimum Gasteiger partial charge on any atom is -0.481 e. The van der Waals surface area contributed by atoms with Crippen LogP contribution < -0.4 is 0 Å². The van der Waals surface area contributed by atoms with Gasteiger partial charge in [0.15, 0.2) is 0 Å². The van der Waals surface area contributed by atoms with E-state index in [1.165, 1.54) is 0 Å². The van der Waals surface area contributed by atoms with Crippen LogP contribution in [0.2, 0.25) is 5.02 Å². The van der Waals surface area contributed by atoms with Crippen molar-refractivity contribution < 1.29 is 9.90 Å². The molecule has 1 aromatic rings. The first-order valence-electron chi connectivity index (χ1n) is 5.82. The van der Waals surface area contributed by atoms with Crippen molar-refractivity contribution in [3.05, 3.63) is 29.3 Å². The zero-order valence-electron chi connectivity index (χ0n) is 9.43. The van der Waals surface area contributed by atoms with Crippen molar-refractivity contribution in [3.63, 3.8) is 0 Å². The molecule has 0 saturated heterocycles. The van der Waals surface area contributed by atoms with E-state index in [1.807, 2.05) is 24.3 Å². The van der Waals surface area contributed by atoms with Crippen LogP contribution in [0, 0.1) is 5.92 Å². The van der Waals surface area contributed by atoms with Crippen LogP contribution in [0.4, 0.5) is 0 Å². The lowest BCUT2D eigenvalue weighted by Gasteiger charge is -2.28. The molecule has 17 heavy (non-hydrogen) atoms. The summed E-state index contributed by atoms with van der Waals surface area (Å²) in [6, 6.07) is 7.64. The van der Waals surface area contributed by atoms with Gasteiger partial charge in [-0.1, -0.05) is 36.6 Å². The number of carbonyl (C=O) groups is 1. The molecule has 1 aliphatic carbocycles. The van der Waals surface area contributed by atoms with Gasteiger partial charge in [-0.25, -0.2) is 0 Å². The van der Waals surface area contributed by atoms with Crippen LogP contribution >= 0.6 is 23.4 Å². The zero-order chi connectivity index (χ0) is 12.3. The number of benzene rings is 1. The SMILES string of the molecule is O=C(O)C1CCCCC1Sc1ccccc1Cl. The predicted molar refractivity (Wildman–Crippen MR) is 70.7 cm³/mol. The number of hydrogen-bond donors (Lipinski definition) is 1. The Kier molecular flexibility index (Phi) is 4.35. The maximum Gasteiger partial charge on any atom is 0.307 e. The summed E-state index contributed by atoms with van der Waals surface area (Å²) in [6.07, 6.45) is 3.90. The molecule has 0 radical (unpaired) electrons. The molecule has 4 heteroatoms. The summed E-state index contributed by atoms with van der Waals surface area (Å²) in [7, 11) is 0. The van der Waals surface area contributed by atoms with Gasteiger partial charge >= 0.3 is 5.97 Å². The number of aliphatic carboxylic acids is 1. The molecular formula is C13H15ClO2S. The Morgan fingerprint density at radius 3 is 2.71 bits per heavy atom. The van der Waals surface area contributed by atoms with Crippen molar-refractivity contribution >= 4 is 29.3 Å². The average Bonchev–Trinajstić information content (AvgIpc) is 2.32. The van der Waals surface area contributed by atoms with Gasteiger partial charge in [-0.2, -0.15) is 0 Å². The summed E-state index contributed by atoms with van der Waals surface area (Å²) in [4.78, 5) is 12.2. The second-order valence-corrected chi connectivity index (χ2v) is 6.00. The van der Waals surface area contributed by atoms with Crippen molar-refractivity contribution in [1.82, 2.24) is 0 Å². The maximum absolute atomic E-state index is 11.2. The van der Waals surface area contributed by atoms with Crippen LogP contribution in [-0.4, -0.2) is 16.3 Å². The summed E-state index contributed by atoms with van der Waals surface area (Å²) >= 11 is 7.72. The normalized spacial score (nSPS) is 24.5. The third-order valence-electron chi connectivity index (χ3n) is 3.13. The van der Waals surface area contributed by atoms with Gasteiger partial charge in [-0.15, -0.1) is 11.8 Å². The standard InChI is InChI=1S/C13H15ClO2S/c14-10-6-2-4-8-12(10)17-11-7-3-1-5-9(11)13(15)16/h2,4,6,8-9,11H,1,3,5,7H2,(H,15,16). The van der Waals surface area contributed by atoms with Crippen LogP contribution in [0.1, 0.15) is 25.7 Å². The summed E-state index contributed by atoms with van der Waals surface area (Å²) < 4.78 is 0. The zero-order valence-corrected chi connectivity index (χ0v) is 11.0. The maximum atomic E-state index is 11.2. The average molecular weight is 271 g/mol. The Morgan fingerprint density at radius 1 is 1.29 bits per heavy atom. The summed E-state index contributed by atoms with van der Waals surface area (Å²) in [5.74, 6) is -0.903. The predicted octanol–water partition coefficient (Wildman–Crippen LogP) is 4.08. The molecule has 1 aromatic carbocycles. The van der Waals surface area contributed by atoms with Crippen LogP contribution in [0.25, 0.3) is 0 Å². The topological polar surface area (TPSA) is 37.3 Å². The highest BCUT2D eigenvalue weighted by atomic mass is 35.5. The smallest absolute Gasteiger partial charge is 0.307 e. The van der Waals surface area contributed by atoms with E-state index in [0.717, 1.165) is 30.6 Å². The van der Waals surface area contributed by atoms with Gasteiger partial charge in [0.1, 0.15) is 0 Å². The van der Waals surface area contributed by atoms with Gasteiger partial charge < -0.3 is 5.11 Å². The van der Waals surface area contributed by atoms with E-state index in [4.69, 9.17) is 11.6 Å². The molecule has 1 N–H and O–H groups in total. The molecule has 0 amide bonds. The molecule has 1 fully saturated rings. The molecule has 2 rings (SSSR count). The Balaban J connectivity index is 2.11. The van der Waals surface area contributed by atoms with Gasteiger partial charge in [-0.05, 0) is 25.0 Å². The second-order valence-electron chi connectivity index (χ2n) is 4.32. The first kappa shape index (κ1) is 12.8. The fraction of sp³-hybridized carbons (Fsp3) is 0.462. The van der Waals surface area contributed by atoms with Gasteiger partial charge in [-0.3, -0.25) is 4.79 Å². The highest BCUT2D eigenvalue weighted by molar-refractivity contribution is 8.00. The van der Waals surface area contributed by atoms with E-state index in [0.29, 0.717) is 5.02 Å². The summed E-state index contributed by atoms with van der Waals surface area (Å²) in [5, 5.41) is 10.1. The van der Waals surface area contributed by atoms with Crippen molar-refractivity contribution in [2.24, 2.45) is 5.92 Å². The Hall–Kier alpha value is -0.670. The first-order chi connectivity index (χ1) is 8.18. The molecule has 0 spiro atoms. The third-order valence-corrected chi connectivity index (χ3v) is 5.05. The van der Waals surface area contributed by atoms with Gasteiger partial charge in [0.2, 0.25) is 0 Å². The van der Waals surface area contributed by atoms with E-state index in [-0.39, 0.29) is 11.2 Å². The molecular weight excluding hydrogens is 256 g/mol. The lowest BCUT2D eigenvalue weighted by molar-refractivity contribution is -0.142. The Morgan fingerprint density at radius 2 is 2.00 bits per heavy atom. The fourth-order valence-corrected chi connectivity index (χ4v) is 3.86. The molecule has 1 aliphatic rings. The molecule has 2 nitrogen and oxygen atoms in total. The molecule has 2 atom stereocenters. The van der Waals surface area contributed by atoms with Crippen molar-refractivity contribution in [1.29, 1.82) is 0 Å². The molecule has 0 heterocycles. The molecule has 0 aromatic heterocycles. The highest BCUT2D eigenvalue weighted by Crippen LogP contribution is 2.39. The van der Waals surface area contributed by atoms with Gasteiger partial charge in [0.25, 0.3) is 0 Å². The minimum absolute atomic E-state index is 0.154. The summed E-state index contributed by atoms with van der Waals surface area (Å²) in [6.45, 7) is 0. The summed E-state index contributed by atoms with van der Waals surface area (Å²) in [5.41, 5.74) is 0. The van der Waals surface area contributed by atoms with E-state index in [9.17, 15) is 9.90 Å². The minimum atomic E-state index is -0.672. The monoisotopic (exact) mass is 270 g/mol. The molecule has 0 bridgehead atoms. The lowest BCUT2D eigenvalue weighted by atomic mass is 9.89. The Labute approximate surface area is 110 Å². The van der Waals surface area contributed by atoms with E-state index in [1.54, 1.807) is 11.8 Å². The van der Waals surface area contributed by atoms with Gasteiger partial charge in [0, 0.05) is 10.1 Å². The van der Waals surface area contributed by atoms with Crippen molar-refractivity contribution in [3.8, 4) is 0 Å². The van der Waals surface area contributed by atoms with Crippen LogP contribution in [0.3, 0.4) is 0 Å². The van der Waals surface area contributed by atoms with Crippen molar-refractivity contribution in [2.45, 2.75) is 35.8 Å². The van der Waals surface area contributed by atoms with E-state index < -0.39 is 5.97 Å². The quantitative estimate of drug-likeness (QED) is 0.899. The first-order valence-corrected chi connectivity index (χ1v) is 7.08. The van der Waals surface area contributed by atoms with Crippen LogP contribution in [-0.2, 0) is 4.79 Å². The number of halogens is 1. The number of rotatable bonds is 3. The lowest BCUT2D eigenvalue weighted by Crippen LogP contribution is -2.28.